The molecule has 3 aromatic rings. The molecule has 3 rings (SSSR count). The van der Waals surface area contributed by atoms with Crippen LogP contribution in [-0.4, -0.2) is 27.1 Å². The summed E-state index contributed by atoms with van der Waals surface area (Å²) < 4.78 is 11.2. The Balaban J connectivity index is 1.68. The van der Waals surface area contributed by atoms with Crippen LogP contribution in [0, 0.1) is 0 Å². The van der Waals surface area contributed by atoms with Crippen molar-refractivity contribution >= 4 is 28.9 Å². The van der Waals surface area contributed by atoms with Crippen molar-refractivity contribution in [3.05, 3.63) is 82.9 Å². The molecule has 0 fully saturated rings. The fourth-order valence-electron chi connectivity index (χ4n) is 2.72. The molecule has 0 atom stereocenters. The smallest absolute Gasteiger partial charge is 0.255 e. The van der Waals surface area contributed by atoms with Gasteiger partial charge >= 0.3 is 0 Å². The van der Waals surface area contributed by atoms with Gasteiger partial charge in [0, 0.05) is 36.1 Å². The Morgan fingerprint density at radius 2 is 1.66 bits per heavy atom. The zero-order valence-corrected chi connectivity index (χ0v) is 17.4. The van der Waals surface area contributed by atoms with Gasteiger partial charge in [-0.25, -0.2) is 0 Å². The summed E-state index contributed by atoms with van der Waals surface area (Å²) in [6.45, 7) is 0.372. The maximum absolute atomic E-state index is 12.6. The second kappa shape index (κ2) is 9.34. The number of benzene rings is 3. The van der Waals surface area contributed by atoms with Crippen LogP contribution in [0.4, 0.5) is 11.4 Å². The normalized spacial score (nSPS) is 10.3. The molecule has 5 nitrogen and oxygen atoms in total. The van der Waals surface area contributed by atoms with Gasteiger partial charge in [-0.3, -0.25) is 4.79 Å². The predicted molar refractivity (Wildman–Crippen MR) is 118 cm³/mol. The number of carbonyl (C=O) groups is 1. The van der Waals surface area contributed by atoms with Gasteiger partial charge in [-0.2, -0.15) is 0 Å². The third kappa shape index (κ3) is 5.42. The Morgan fingerprint density at radius 3 is 2.28 bits per heavy atom. The van der Waals surface area contributed by atoms with E-state index >= 15 is 0 Å². The average molecular weight is 411 g/mol. The van der Waals surface area contributed by atoms with Crippen molar-refractivity contribution < 1.29 is 14.3 Å². The molecular formula is C23H23ClN2O3. The van der Waals surface area contributed by atoms with Gasteiger partial charge in [0.1, 0.15) is 6.61 Å². The first kappa shape index (κ1) is 20.6. The van der Waals surface area contributed by atoms with Gasteiger partial charge in [0.15, 0.2) is 11.5 Å². The van der Waals surface area contributed by atoms with E-state index in [2.05, 4.69) is 5.32 Å². The van der Waals surface area contributed by atoms with Gasteiger partial charge < -0.3 is 19.7 Å². The number of hydrogen-bond acceptors (Lipinski definition) is 4. The summed E-state index contributed by atoms with van der Waals surface area (Å²) in [5, 5.41) is 3.57. The maximum Gasteiger partial charge on any atom is 0.255 e. The minimum absolute atomic E-state index is 0.217. The molecule has 0 saturated heterocycles. The van der Waals surface area contributed by atoms with Crippen LogP contribution < -0.4 is 19.7 Å². The zero-order chi connectivity index (χ0) is 20.8. The minimum atomic E-state index is -0.217. The van der Waals surface area contributed by atoms with Crippen molar-refractivity contribution in [1.29, 1.82) is 0 Å². The van der Waals surface area contributed by atoms with Gasteiger partial charge in [-0.15, -0.1) is 0 Å². The summed E-state index contributed by atoms with van der Waals surface area (Å²) in [4.78, 5) is 14.6. The molecule has 0 aliphatic heterocycles. The summed E-state index contributed by atoms with van der Waals surface area (Å²) in [6, 6.07) is 20.2. The summed E-state index contributed by atoms with van der Waals surface area (Å²) in [7, 11) is 5.49. The Hall–Kier alpha value is -3.18. The number of ether oxygens (including phenoxy) is 2. The van der Waals surface area contributed by atoms with Crippen LogP contribution in [0.15, 0.2) is 66.7 Å². The molecule has 150 valence electrons. The van der Waals surface area contributed by atoms with Crippen LogP contribution in [0.3, 0.4) is 0 Å². The molecule has 0 unspecified atom stereocenters. The fourth-order valence-corrected chi connectivity index (χ4v) is 2.84. The maximum atomic E-state index is 12.6. The van der Waals surface area contributed by atoms with E-state index < -0.39 is 0 Å². The number of amides is 1. The minimum Gasteiger partial charge on any atom is -0.493 e. The van der Waals surface area contributed by atoms with Crippen molar-refractivity contribution in [2.75, 3.05) is 31.4 Å². The standard InChI is InChI=1S/C23H23ClN2O3/c1-26(2)20-11-9-19(10-12-20)25-23(27)17-6-13-21(22(14-17)28-3)29-15-16-4-7-18(24)8-5-16/h4-14H,15H2,1-3H3,(H,25,27). The molecule has 0 aliphatic carbocycles. The summed E-state index contributed by atoms with van der Waals surface area (Å²) in [5.74, 6) is 0.842. The van der Waals surface area contributed by atoms with Crippen LogP contribution in [0.25, 0.3) is 0 Å². The van der Waals surface area contributed by atoms with E-state index in [9.17, 15) is 4.79 Å². The quantitative estimate of drug-likeness (QED) is 0.578. The summed E-state index contributed by atoms with van der Waals surface area (Å²) >= 11 is 5.90. The Labute approximate surface area is 175 Å². The second-order valence-electron chi connectivity index (χ2n) is 6.68. The summed E-state index contributed by atoms with van der Waals surface area (Å²) in [5.41, 5.74) is 3.26. The van der Waals surface area contributed by atoms with Crippen molar-refractivity contribution in [2.24, 2.45) is 0 Å². The highest BCUT2D eigenvalue weighted by Gasteiger charge is 2.12. The summed E-state index contributed by atoms with van der Waals surface area (Å²) in [6.07, 6.45) is 0. The van der Waals surface area contributed by atoms with E-state index in [4.69, 9.17) is 21.1 Å². The van der Waals surface area contributed by atoms with Crippen molar-refractivity contribution in [2.45, 2.75) is 6.61 Å². The van der Waals surface area contributed by atoms with E-state index in [1.165, 1.54) is 0 Å². The highest BCUT2D eigenvalue weighted by molar-refractivity contribution is 6.30. The number of halogens is 1. The number of carbonyl (C=O) groups excluding carboxylic acids is 1. The molecule has 0 radical (unpaired) electrons. The molecule has 29 heavy (non-hydrogen) atoms. The Bertz CT molecular complexity index is 970. The van der Waals surface area contributed by atoms with Gasteiger partial charge in [-0.1, -0.05) is 23.7 Å². The first-order valence-corrected chi connectivity index (χ1v) is 9.48. The SMILES string of the molecule is COc1cc(C(=O)Nc2ccc(N(C)C)cc2)ccc1OCc1ccc(Cl)cc1. The number of rotatable bonds is 7. The lowest BCUT2D eigenvalue weighted by Gasteiger charge is -2.14. The van der Waals surface area contributed by atoms with Crippen LogP contribution in [0.2, 0.25) is 5.02 Å². The highest BCUT2D eigenvalue weighted by atomic mass is 35.5. The first-order chi connectivity index (χ1) is 14.0. The largest absolute Gasteiger partial charge is 0.493 e. The topological polar surface area (TPSA) is 50.8 Å². The molecule has 0 saturated carbocycles. The molecule has 0 heterocycles. The molecule has 0 aliphatic rings. The van der Waals surface area contributed by atoms with Crippen molar-refractivity contribution in [1.82, 2.24) is 0 Å². The van der Waals surface area contributed by atoms with Crippen LogP contribution >= 0.6 is 11.6 Å². The van der Waals surface area contributed by atoms with Crippen molar-refractivity contribution in [3.8, 4) is 11.5 Å². The number of nitrogens with one attached hydrogen (secondary N) is 1. The molecule has 6 heteroatoms. The van der Waals surface area contributed by atoms with E-state index in [-0.39, 0.29) is 5.91 Å². The van der Waals surface area contributed by atoms with Gasteiger partial charge in [0.05, 0.1) is 7.11 Å². The van der Waals surface area contributed by atoms with Gasteiger partial charge in [0.2, 0.25) is 0 Å². The van der Waals surface area contributed by atoms with Gasteiger partial charge in [0.25, 0.3) is 5.91 Å². The number of methoxy groups -OCH3 is 1. The molecule has 1 amide bonds. The number of anilines is 2. The van der Waals surface area contributed by atoms with E-state index in [0.29, 0.717) is 28.7 Å². The average Bonchev–Trinajstić information content (AvgIpc) is 2.73. The van der Waals surface area contributed by atoms with E-state index in [0.717, 1.165) is 16.9 Å². The lowest BCUT2D eigenvalue weighted by Crippen LogP contribution is -2.13. The number of nitrogens with zero attached hydrogens (tertiary/aromatic N) is 1. The first-order valence-electron chi connectivity index (χ1n) is 9.10. The molecule has 0 aromatic heterocycles. The third-order valence-corrected chi connectivity index (χ3v) is 4.63. The van der Waals surface area contributed by atoms with Crippen LogP contribution in [0.5, 0.6) is 11.5 Å². The van der Waals surface area contributed by atoms with Crippen LogP contribution in [0.1, 0.15) is 15.9 Å². The lowest BCUT2D eigenvalue weighted by molar-refractivity contribution is 0.102. The van der Waals surface area contributed by atoms with E-state index in [1.54, 1.807) is 25.3 Å². The lowest BCUT2D eigenvalue weighted by atomic mass is 10.1. The molecule has 1 N–H and O–H groups in total. The van der Waals surface area contributed by atoms with Crippen LogP contribution in [-0.2, 0) is 6.61 Å². The number of hydrogen-bond donors (Lipinski definition) is 1. The van der Waals surface area contributed by atoms with Crippen molar-refractivity contribution in [3.63, 3.8) is 0 Å². The van der Waals surface area contributed by atoms with Gasteiger partial charge in [-0.05, 0) is 60.2 Å². The predicted octanol–water partition coefficient (Wildman–Crippen LogP) is 5.25. The third-order valence-electron chi connectivity index (χ3n) is 4.37. The Kier molecular flexibility index (Phi) is 6.62. The molecule has 0 spiro atoms. The highest BCUT2D eigenvalue weighted by Crippen LogP contribution is 2.29. The van der Waals surface area contributed by atoms with E-state index in [1.807, 2.05) is 67.5 Å². The monoisotopic (exact) mass is 410 g/mol. The second-order valence-corrected chi connectivity index (χ2v) is 7.11. The zero-order valence-electron chi connectivity index (χ0n) is 16.6. The molecule has 0 bridgehead atoms. The molecular weight excluding hydrogens is 388 g/mol. The Morgan fingerprint density at radius 1 is 0.966 bits per heavy atom. The molecule has 3 aromatic carbocycles. The fraction of sp³-hybridized carbons (Fsp3) is 0.174.